The zero-order valence-corrected chi connectivity index (χ0v) is 10.5. The molecule has 0 saturated heterocycles. The fourth-order valence-corrected chi connectivity index (χ4v) is 2.49. The first kappa shape index (κ1) is 14.1. The standard InChI is InChI=1S/C11H16FNO3S/c1-9-8-10(2-3-11(9)12)17(14,15)7-6-16-5-4-13/h2-3,8H,4-7,13H2,1H3. The van der Waals surface area contributed by atoms with Gasteiger partial charge in [-0.15, -0.1) is 0 Å². The lowest BCUT2D eigenvalue weighted by Gasteiger charge is -2.06. The van der Waals surface area contributed by atoms with Crippen molar-refractivity contribution in [3.05, 3.63) is 29.6 Å². The lowest BCUT2D eigenvalue weighted by Crippen LogP contribution is -2.16. The second-order valence-electron chi connectivity index (χ2n) is 3.63. The van der Waals surface area contributed by atoms with E-state index >= 15 is 0 Å². The van der Waals surface area contributed by atoms with Gasteiger partial charge in [-0.05, 0) is 30.7 Å². The molecule has 1 rings (SSSR count). The summed E-state index contributed by atoms with van der Waals surface area (Å²) in [6, 6.07) is 3.75. The molecule has 0 aliphatic heterocycles. The third-order valence-corrected chi connectivity index (χ3v) is 3.92. The van der Waals surface area contributed by atoms with Gasteiger partial charge < -0.3 is 10.5 Å². The number of halogens is 1. The van der Waals surface area contributed by atoms with E-state index < -0.39 is 15.7 Å². The number of ether oxygens (including phenoxy) is 1. The Morgan fingerprint density at radius 3 is 2.65 bits per heavy atom. The van der Waals surface area contributed by atoms with Gasteiger partial charge in [0, 0.05) is 6.54 Å². The largest absolute Gasteiger partial charge is 0.379 e. The van der Waals surface area contributed by atoms with Crippen molar-refractivity contribution in [2.75, 3.05) is 25.5 Å². The van der Waals surface area contributed by atoms with E-state index in [4.69, 9.17) is 10.5 Å². The van der Waals surface area contributed by atoms with Crippen molar-refractivity contribution >= 4 is 9.84 Å². The van der Waals surface area contributed by atoms with E-state index in [9.17, 15) is 12.8 Å². The van der Waals surface area contributed by atoms with Crippen LogP contribution in [0, 0.1) is 12.7 Å². The minimum atomic E-state index is -3.41. The molecule has 0 heterocycles. The van der Waals surface area contributed by atoms with E-state index in [1.54, 1.807) is 0 Å². The molecule has 4 nitrogen and oxygen atoms in total. The van der Waals surface area contributed by atoms with Crippen LogP contribution in [0.2, 0.25) is 0 Å². The monoisotopic (exact) mass is 261 g/mol. The normalized spacial score (nSPS) is 11.7. The van der Waals surface area contributed by atoms with Crippen LogP contribution in [0.5, 0.6) is 0 Å². The van der Waals surface area contributed by atoms with Crippen LogP contribution in [0.15, 0.2) is 23.1 Å². The molecule has 1 aromatic rings. The molecule has 0 bridgehead atoms. The number of sulfone groups is 1. The summed E-state index contributed by atoms with van der Waals surface area (Å²) in [7, 11) is -3.41. The summed E-state index contributed by atoms with van der Waals surface area (Å²) in [5, 5.41) is 0. The molecule has 0 aromatic heterocycles. The molecule has 2 N–H and O–H groups in total. The van der Waals surface area contributed by atoms with E-state index in [2.05, 4.69) is 0 Å². The summed E-state index contributed by atoms with van der Waals surface area (Å²) in [6.07, 6.45) is 0. The molecule has 0 fully saturated rings. The fraction of sp³-hybridized carbons (Fsp3) is 0.455. The number of nitrogens with two attached hydrogens (primary N) is 1. The minimum absolute atomic E-state index is 0.0932. The Labute approximate surface area is 101 Å². The number of aryl methyl sites for hydroxylation is 1. The second kappa shape index (κ2) is 6.09. The third-order valence-electron chi connectivity index (χ3n) is 2.25. The Kier molecular flexibility index (Phi) is 5.04. The molecule has 0 amide bonds. The second-order valence-corrected chi connectivity index (χ2v) is 5.74. The Morgan fingerprint density at radius 2 is 2.06 bits per heavy atom. The van der Waals surface area contributed by atoms with Gasteiger partial charge in [0.15, 0.2) is 9.84 Å². The maximum absolute atomic E-state index is 13.0. The Bertz CT molecular complexity index is 474. The van der Waals surface area contributed by atoms with Crippen LogP contribution < -0.4 is 5.73 Å². The molecule has 0 aliphatic carbocycles. The first-order chi connectivity index (χ1) is 7.97. The molecule has 17 heavy (non-hydrogen) atoms. The Balaban J connectivity index is 2.72. The van der Waals surface area contributed by atoms with Crippen LogP contribution in [-0.4, -0.2) is 33.9 Å². The maximum Gasteiger partial charge on any atom is 0.180 e. The molecule has 6 heteroatoms. The van der Waals surface area contributed by atoms with Gasteiger partial charge in [0.05, 0.1) is 23.9 Å². The summed E-state index contributed by atoms with van der Waals surface area (Å²) in [5.41, 5.74) is 5.52. The van der Waals surface area contributed by atoms with Gasteiger partial charge in [0.1, 0.15) is 5.82 Å². The Hall–Kier alpha value is -0.980. The highest BCUT2D eigenvalue weighted by molar-refractivity contribution is 7.91. The summed E-state index contributed by atoms with van der Waals surface area (Å²) in [5.74, 6) is -0.540. The van der Waals surface area contributed by atoms with Crippen LogP contribution in [0.1, 0.15) is 5.56 Å². The van der Waals surface area contributed by atoms with Crippen molar-refractivity contribution in [3.8, 4) is 0 Å². The molecule has 0 unspecified atom stereocenters. The first-order valence-corrected chi connectivity index (χ1v) is 6.89. The lowest BCUT2D eigenvalue weighted by atomic mass is 10.2. The fourth-order valence-electron chi connectivity index (χ4n) is 1.28. The van der Waals surface area contributed by atoms with E-state index in [1.165, 1.54) is 19.1 Å². The first-order valence-electron chi connectivity index (χ1n) is 5.24. The highest BCUT2D eigenvalue weighted by Crippen LogP contribution is 2.15. The number of benzene rings is 1. The van der Waals surface area contributed by atoms with Crippen LogP contribution in [0.4, 0.5) is 4.39 Å². The van der Waals surface area contributed by atoms with Crippen molar-refractivity contribution in [2.45, 2.75) is 11.8 Å². The molecule has 0 saturated carbocycles. The van der Waals surface area contributed by atoms with Crippen molar-refractivity contribution < 1.29 is 17.5 Å². The highest BCUT2D eigenvalue weighted by Gasteiger charge is 2.15. The molecular weight excluding hydrogens is 245 g/mol. The number of hydrogen-bond acceptors (Lipinski definition) is 4. The lowest BCUT2D eigenvalue weighted by molar-refractivity contribution is 0.157. The number of hydrogen-bond donors (Lipinski definition) is 1. The summed E-state index contributed by atoms with van der Waals surface area (Å²) < 4.78 is 41.7. The van der Waals surface area contributed by atoms with Gasteiger partial charge in [0.25, 0.3) is 0 Å². The predicted molar refractivity (Wildman–Crippen MR) is 63.1 cm³/mol. The molecule has 1 aromatic carbocycles. The van der Waals surface area contributed by atoms with Gasteiger partial charge in [-0.1, -0.05) is 0 Å². The quantitative estimate of drug-likeness (QED) is 0.609. The average Bonchev–Trinajstić information content (AvgIpc) is 2.28. The van der Waals surface area contributed by atoms with Gasteiger partial charge in [-0.2, -0.15) is 0 Å². The van der Waals surface area contributed by atoms with Gasteiger partial charge in [-0.25, -0.2) is 12.8 Å². The van der Waals surface area contributed by atoms with Crippen LogP contribution >= 0.6 is 0 Å². The molecule has 0 atom stereocenters. The summed E-state index contributed by atoms with van der Waals surface area (Å²) in [4.78, 5) is 0.118. The molecule has 0 radical (unpaired) electrons. The molecular formula is C11H16FNO3S. The topological polar surface area (TPSA) is 69.4 Å². The zero-order valence-electron chi connectivity index (χ0n) is 9.65. The summed E-state index contributed by atoms with van der Waals surface area (Å²) in [6.45, 7) is 2.31. The number of rotatable bonds is 6. The van der Waals surface area contributed by atoms with E-state index in [1.807, 2.05) is 0 Å². The minimum Gasteiger partial charge on any atom is -0.379 e. The van der Waals surface area contributed by atoms with Crippen LogP contribution in [0.25, 0.3) is 0 Å². The van der Waals surface area contributed by atoms with Crippen LogP contribution in [-0.2, 0) is 14.6 Å². The van der Waals surface area contributed by atoms with E-state index in [0.717, 1.165) is 6.07 Å². The smallest absolute Gasteiger partial charge is 0.180 e. The van der Waals surface area contributed by atoms with Gasteiger partial charge in [0.2, 0.25) is 0 Å². The van der Waals surface area contributed by atoms with Crippen LogP contribution in [0.3, 0.4) is 0 Å². The third kappa shape index (κ3) is 4.07. The Morgan fingerprint density at radius 1 is 1.35 bits per heavy atom. The van der Waals surface area contributed by atoms with Gasteiger partial charge in [-0.3, -0.25) is 0 Å². The molecule has 0 aliphatic rings. The van der Waals surface area contributed by atoms with Crippen molar-refractivity contribution in [1.29, 1.82) is 0 Å². The molecule has 0 spiro atoms. The van der Waals surface area contributed by atoms with Crippen molar-refractivity contribution in [1.82, 2.24) is 0 Å². The highest BCUT2D eigenvalue weighted by atomic mass is 32.2. The molecule has 96 valence electrons. The van der Waals surface area contributed by atoms with Crippen molar-refractivity contribution in [3.63, 3.8) is 0 Å². The zero-order chi connectivity index (χ0) is 12.9. The predicted octanol–water partition coefficient (Wildman–Crippen LogP) is 0.883. The van der Waals surface area contributed by atoms with Gasteiger partial charge >= 0.3 is 0 Å². The SMILES string of the molecule is Cc1cc(S(=O)(=O)CCOCCN)ccc1F. The van der Waals surface area contributed by atoms with E-state index in [-0.39, 0.29) is 17.3 Å². The summed E-state index contributed by atoms with van der Waals surface area (Å²) >= 11 is 0. The van der Waals surface area contributed by atoms with E-state index in [0.29, 0.717) is 18.7 Å². The average molecular weight is 261 g/mol. The maximum atomic E-state index is 13.0. The van der Waals surface area contributed by atoms with Crippen molar-refractivity contribution in [2.24, 2.45) is 5.73 Å².